The van der Waals surface area contributed by atoms with Gasteiger partial charge in [0.25, 0.3) is 5.69 Å². The molecule has 2 aromatic rings. The van der Waals surface area contributed by atoms with Crippen LogP contribution < -0.4 is 4.74 Å². The molecule has 118 valence electrons. The highest BCUT2D eigenvalue weighted by atomic mass is 16.6. The molecular weight excluding hydrogens is 308 g/mol. The minimum Gasteiger partial charge on any atom is -0.465 e. The van der Waals surface area contributed by atoms with Crippen LogP contribution in [0.25, 0.3) is 0 Å². The molecule has 9 nitrogen and oxygen atoms in total. The molecule has 0 spiro atoms. The molecule has 0 saturated heterocycles. The fraction of sp³-hybridized carbons (Fsp3) is 0.0714. The van der Waals surface area contributed by atoms with Gasteiger partial charge in [0.2, 0.25) is 5.75 Å². The van der Waals surface area contributed by atoms with Crippen molar-refractivity contribution in [1.82, 2.24) is 0 Å². The average molecular weight is 318 g/mol. The van der Waals surface area contributed by atoms with Gasteiger partial charge < -0.3 is 9.47 Å². The number of nitrogens with zero attached hydrogens (tertiary/aromatic N) is 2. The highest BCUT2D eigenvalue weighted by molar-refractivity contribution is 5.89. The van der Waals surface area contributed by atoms with Crippen LogP contribution in [0.1, 0.15) is 10.4 Å². The number of methoxy groups -OCH3 is 1. The smallest absolute Gasteiger partial charge is 0.337 e. The Hall–Kier alpha value is -3.49. The van der Waals surface area contributed by atoms with Gasteiger partial charge in [-0.3, -0.25) is 20.2 Å². The topological polar surface area (TPSA) is 122 Å². The molecule has 0 aliphatic carbocycles. The van der Waals surface area contributed by atoms with Gasteiger partial charge in [-0.2, -0.15) is 0 Å². The van der Waals surface area contributed by atoms with Crippen molar-refractivity contribution in [3.8, 4) is 11.5 Å². The predicted molar refractivity (Wildman–Crippen MR) is 77.6 cm³/mol. The first-order chi connectivity index (χ1) is 10.9. The maximum absolute atomic E-state index is 11.5. The zero-order valence-electron chi connectivity index (χ0n) is 11.8. The first kappa shape index (κ1) is 15.9. The third kappa shape index (κ3) is 3.59. The summed E-state index contributed by atoms with van der Waals surface area (Å²) in [6.45, 7) is 0. The van der Waals surface area contributed by atoms with Gasteiger partial charge in [0, 0.05) is 6.07 Å². The van der Waals surface area contributed by atoms with Crippen LogP contribution in [0, 0.1) is 20.2 Å². The lowest BCUT2D eigenvalue weighted by atomic mass is 10.2. The average Bonchev–Trinajstić information content (AvgIpc) is 2.54. The Morgan fingerprint density at radius 2 is 1.78 bits per heavy atom. The standard InChI is InChI=1S/C14H10N2O7/c1-22-14(17)9-3-2-4-11(7-9)23-13-6-5-10(15(18)19)8-12(13)16(20)21/h2-8H,1H3. The second-order valence-corrected chi connectivity index (χ2v) is 4.29. The van der Waals surface area contributed by atoms with Crippen LogP contribution in [-0.2, 0) is 4.74 Å². The third-order valence-electron chi connectivity index (χ3n) is 2.83. The Morgan fingerprint density at radius 1 is 1.04 bits per heavy atom. The van der Waals surface area contributed by atoms with Crippen molar-refractivity contribution < 1.29 is 24.1 Å². The summed E-state index contributed by atoms with van der Waals surface area (Å²) >= 11 is 0. The van der Waals surface area contributed by atoms with E-state index in [0.29, 0.717) is 0 Å². The Kier molecular flexibility index (Phi) is 4.50. The van der Waals surface area contributed by atoms with Crippen LogP contribution in [0.4, 0.5) is 11.4 Å². The molecule has 0 aliphatic heterocycles. The minimum atomic E-state index is -0.785. The molecule has 0 heterocycles. The molecule has 2 aromatic carbocycles. The Bertz CT molecular complexity index is 788. The highest BCUT2D eigenvalue weighted by Crippen LogP contribution is 2.34. The normalized spacial score (nSPS) is 9.96. The van der Waals surface area contributed by atoms with Crippen molar-refractivity contribution in [3.63, 3.8) is 0 Å². The summed E-state index contributed by atoms with van der Waals surface area (Å²) in [5, 5.41) is 21.7. The molecule has 0 N–H and O–H groups in total. The van der Waals surface area contributed by atoms with Gasteiger partial charge in [-0.05, 0) is 24.3 Å². The molecule has 0 saturated carbocycles. The Labute approximate surface area is 129 Å². The zero-order chi connectivity index (χ0) is 17.0. The first-order valence-electron chi connectivity index (χ1n) is 6.21. The SMILES string of the molecule is COC(=O)c1cccc(Oc2ccc([N+](=O)[O-])cc2[N+](=O)[O-])c1. The molecular formula is C14H10N2O7. The van der Waals surface area contributed by atoms with Gasteiger partial charge in [-0.25, -0.2) is 4.79 Å². The van der Waals surface area contributed by atoms with E-state index in [0.717, 1.165) is 18.2 Å². The third-order valence-corrected chi connectivity index (χ3v) is 2.83. The highest BCUT2D eigenvalue weighted by Gasteiger charge is 2.21. The monoisotopic (exact) mass is 318 g/mol. The number of hydrogen-bond donors (Lipinski definition) is 0. The lowest BCUT2D eigenvalue weighted by molar-refractivity contribution is -0.394. The van der Waals surface area contributed by atoms with Crippen molar-refractivity contribution in [2.24, 2.45) is 0 Å². The van der Waals surface area contributed by atoms with Gasteiger partial charge in [0.05, 0.1) is 28.6 Å². The summed E-state index contributed by atoms with van der Waals surface area (Å²) in [4.78, 5) is 31.7. The van der Waals surface area contributed by atoms with Crippen molar-refractivity contribution >= 4 is 17.3 Å². The number of carbonyl (C=O) groups excluding carboxylic acids is 1. The summed E-state index contributed by atoms with van der Waals surface area (Å²) in [5.41, 5.74) is -0.774. The molecule has 0 radical (unpaired) electrons. The molecule has 2 rings (SSSR count). The van der Waals surface area contributed by atoms with Gasteiger partial charge in [0.1, 0.15) is 5.75 Å². The lowest BCUT2D eigenvalue weighted by Gasteiger charge is -2.07. The number of ether oxygens (including phenoxy) is 2. The van der Waals surface area contributed by atoms with Crippen LogP contribution in [0.3, 0.4) is 0 Å². The lowest BCUT2D eigenvalue weighted by Crippen LogP contribution is -2.01. The fourth-order valence-electron chi connectivity index (χ4n) is 1.78. The number of nitro benzene ring substituents is 2. The predicted octanol–water partition coefficient (Wildman–Crippen LogP) is 3.08. The van der Waals surface area contributed by atoms with Crippen molar-refractivity contribution in [2.75, 3.05) is 7.11 Å². The second-order valence-electron chi connectivity index (χ2n) is 4.29. The van der Waals surface area contributed by atoms with E-state index < -0.39 is 27.2 Å². The van der Waals surface area contributed by atoms with E-state index in [1.165, 1.54) is 31.4 Å². The number of hydrogen-bond acceptors (Lipinski definition) is 7. The number of non-ortho nitro benzene ring substituents is 1. The maximum atomic E-state index is 11.5. The summed E-state index contributed by atoms with van der Waals surface area (Å²) in [5.74, 6) is -0.610. The molecule has 0 amide bonds. The molecule has 0 atom stereocenters. The molecule has 0 unspecified atom stereocenters. The van der Waals surface area contributed by atoms with Crippen LogP contribution in [0.5, 0.6) is 11.5 Å². The quantitative estimate of drug-likeness (QED) is 0.471. The van der Waals surface area contributed by atoms with E-state index in [1.54, 1.807) is 0 Å². The van der Waals surface area contributed by atoms with E-state index in [-0.39, 0.29) is 17.1 Å². The van der Waals surface area contributed by atoms with Crippen molar-refractivity contribution in [3.05, 3.63) is 68.3 Å². The minimum absolute atomic E-state index is 0.157. The van der Waals surface area contributed by atoms with Crippen LogP contribution in [-0.4, -0.2) is 22.9 Å². The van der Waals surface area contributed by atoms with Crippen molar-refractivity contribution in [1.29, 1.82) is 0 Å². The number of esters is 1. The summed E-state index contributed by atoms with van der Waals surface area (Å²) in [6.07, 6.45) is 0. The summed E-state index contributed by atoms with van der Waals surface area (Å²) in [6, 6.07) is 8.85. The van der Waals surface area contributed by atoms with Crippen LogP contribution >= 0.6 is 0 Å². The molecule has 0 fully saturated rings. The molecule has 9 heteroatoms. The van der Waals surface area contributed by atoms with E-state index in [4.69, 9.17) is 4.74 Å². The van der Waals surface area contributed by atoms with Gasteiger partial charge >= 0.3 is 11.7 Å². The van der Waals surface area contributed by atoms with Gasteiger partial charge in [0.15, 0.2) is 0 Å². The number of benzene rings is 2. The molecule has 23 heavy (non-hydrogen) atoms. The van der Waals surface area contributed by atoms with Crippen molar-refractivity contribution in [2.45, 2.75) is 0 Å². The maximum Gasteiger partial charge on any atom is 0.337 e. The molecule has 0 aliphatic rings. The van der Waals surface area contributed by atoms with E-state index in [9.17, 15) is 25.0 Å². The van der Waals surface area contributed by atoms with E-state index in [1.807, 2.05) is 0 Å². The number of carbonyl (C=O) groups is 1. The second kappa shape index (κ2) is 6.52. The van der Waals surface area contributed by atoms with Crippen LogP contribution in [0.15, 0.2) is 42.5 Å². The summed E-state index contributed by atoms with van der Waals surface area (Å²) in [7, 11) is 1.22. The number of nitro groups is 2. The first-order valence-corrected chi connectivity index (χ1v) is 6.21. The molecule has 0 aromatic heterocycles. The van der Waals surface area contributed by atoms with Gasteiger partial charge in [-0.15, -0.1) is 0 Å². The Balaban J connectivity index is 2.38. The Morgan fingerprint density at radius 3 is 2.39 bits per heavy atom. The molecule has 0 bridgehead atoms. The largest absolute Gasteiger partial charge is 0.465 e. The summed E-state index contributed by atoms with van der Waals surface area (Å²) < 4.78 is 9.94. The van der Waals surface area contributed by atoms with Crippen LogP contribution in [0.2, 0.25) is 0 Å². The number of rotatable bonds is 5. The van der Waals surface area contributed by atoms with E-state index in [2.05, 4.69) is 4.74 Å². The van der Waals surface area contributed by atoms with E-state index >= 15 is 0 Å². The van der Waals surface area contributed by atoms with Gasteiger partial charge in [-0.1, -0.05) is 6.07 Å². The fourth-order valence-corrected chi connectivity index (χ4v) is 1.78. The zero-order valence-corrected chi connectivity index (χ0v) is 11.8.